The number of esters is 1. The highest BCUT2D eigenvalue weighted by Crippen LogP contribution is 2.53. The molecule has 0 amide bonds. The van der Waals surface area contributed by atoms with Gasteiger partial charge < -0.3 is 53.9 Å². The highest BCUT2D eigenvalue weighted by atomic mass is 31.2. The van der Waals surface area contributed by atoms with Crippen molar-refractivity contribution in [2.45, 2.75) is 49.7 Å². The first-order valence-corrected chi connectivity index (χ1v) is 20.4. The summed E-state index contributed by atoms with van der Waals surface area (Å²) in [5.41, 5.74) is 0. The summed E-state index contributed by atoms with van der Waals surface area (Å²) in [4.78, 5) is 94.1. The molecule has 40 heteroatoms. The van der Waals surface area contributed by atoms with Gasteiger partial charge in [0, 0.05) is 36.2 Å². The highest BCUT2D eigenvalue weighted by Gasteiger charge is 2.59. The van der Waals surface area contributed by atoms with E-state index in [0.717, 1.165) is 0 Å². The number of phosphoric acid groups is 4. The van der Waals surface area contributed by atoms with E-state index in [1.54, 1.807) is 0 Å². The summed E-state index contributed by atoms with van der Waals surface area (Å²) in [6.07, 6.45) is -21.5. The van der Waals surface area contributed by atoms with Crippen LogP contribution in [0.4, 0.5) is 4.79 Å². The first-order valence-electron chi connectivity index (χ1n) is 14.3. The molecule has 0 aromatic rings. The van der Waals surface area contributed by atoms with Gasteiger partial charge in [-0.05, 0) is 84.5 Å². The van der Waals surface area contributed by atoms with Crippen molar-refractivity contribution < 1.29 is 175 Å². The molecule has 1 aliphatic carbocycles. The minimum absolute atomic E-state index is 1.18. The second-order valence-corrected chi connectivity index (χ2v) is 14.3. The molecule has 0 aromatic carbocycles. The van der Waals surface area contributed by atoms with E-state index >= 15 is 0 Å². The monoisotopic (exact) mass is 988 g/mol. The van der Waals surface area contributed by atoms with Crippen molar-refractivity contribution in [2.75, 3.05) is 13.2 Å². The Hall–Kier alpha value is -3.62. The Morgan fingerprint density at radius 2 is 0.968 bits per heavy atom. The first kappa shape index (κ1) is 56.4. The molecule has 1 fully saturated rings. The van der Waals surface area contributed by atoms with Gasteiger partial charge in [-0.15, -0.1) is 0 Å². The van der Waals surface area contributed by atoms with Crippen molar-refractivity contribution >= 4 is 43.4 Å². The molecule has 5 unspecified atom stereocenters. The van der Waals surface area contributed by atoms with Gasteiger partial charge in [-0.1, -0.05) is 5.92 Å². The highest BCUT2D eigenvalue weighted by molar-refractivity contribution is 7.47. The van der Waals surface area contributed by atoms with Gasteiger partial charge in [0.25, 0.3) is 0 Å². The van der Waals surface area contributed by atoms with Crippen molar-refractivity contribution in [1.82, 2.24) is 0 Å². The van der Waals surface area contributed by atoms with Crippen LogP contribution in [0.15, 0.2) is 0 Å². The Morgan fingerprint density at radius 1 is 0.548 bits per heavy atom. The van der Waals surface area contributed by atoms with Gasteiger partial charge >= 0.3 is 43.4 Å². The maximum atomic E-state index is 12.9. The van der Waals surface area contributed by atoms with E-state index in [9.17, 15) is 72.3 Å². The van der Waals surface area contributed by atoms with Gasteiger partial charge in [-0.3, -0.25) is 22.6 Å². The first-order chi connectivity index (χ1) is 29.0. The number of ether oxygens (including phenoxy) is 2. The number of aliphatic hydroxyl groups is 2. The van der Waals surface area contributed by atoms with E-state index in [4.69, 9.17) is 5.26 Å². The van der Waals surface area contributed by atoms with Crippen LogP contribution in [0, 0.1) is 59.2 Å². The molecule has 0 aromatic heterocycles. The van der Waals surface area contributed by atoms with Gasteiger partial charge in [0.05, 0.1) is 6.61 Å². The summed E-state index contributed by atoms with van der Waals surface area (Å²) >= 11 is 0. The molecule has 0 radical (unpaired) electrons. The zero-order valence-corrected chi connectivity index (χ0v) is 32.9. The fourth-order valence-corrected chi connectivity index (χ4v) is 6.10. The quantitative estimate of drug-likeness (QED) is 0.00762. The molecule has 1 saturated carbocycles. The number of hydrogen-bond acceptors (Lipinski definition) is 29. The van der Waals surface area contributed by atoms with Crippen LogP contribution < -0.4 is 0 Å². The third-order valence-electron chi connectivity index (χ3n) is 5.25. The van der Waals surface area contributed by atoms with E-state index in [2.05, 4.69) is 145 Å². The van der Waals surface area contributed by atoms with Crippen LogP contribution in [0.25, 0.3) is 0 Å². The van der Waals surface area contributed by atoms with Crippen LogP contribution in [0.2, 0.25) is 0 Å². The zero-order valence-electron chi connectivity index (χ0n) is 29.3. The standard InChI is InChI=1S/C22H24O36P4/c1-2-3-4-5-6-7-8-9-10-11-15(23)39-12-14(41-22(26)42-48-50-52-54-56-58-57-55-53-51-49-47-27)13-40-62(37,38)46-18-16(24)19(43-59(28,29)30)21(45-61(34,35)36)20(17(18)25)44-60(31,32)33/h14,16-21,24-25,27H,12-13H2,1H3,(H,37,38)(H2,28,29,30)(H2,31,32,33)(H2,34,35,36)/t14-,16-,17?,18?,19?,20+,21?/m1/s1. The third-order valence-corrected chi connectivity index (χ3v) is 7.79. The number of hydrogen-bond donors (Lipinski definition) is 10. The van der Waals surface area contributed by atoms with Crippen LogP contribution >= 0.6 is 31.3 Å². The van der Waals surface area contributed by atoms with Gasteiger partial charge in [0.1, 0.15) is 43.2 Å². The average molecular weight is 988 g/mol. The largest absolute Gasteiger partial charge is 0.543 e. The fourth-order valence-electron chi connectivity index (χ4n) is 3.44. The Kier molecular flexibility index (Phi) is 26.3. The van der Waals surface area contributed by atoms with Crippen LogP contribution in [0.1, 0.15) is 6.92 Å². The predicted molar refractivity (Wildman–Crippen MR) is 166 cm³/mol. The molecule has 36 nitrogen and oxygen atoms in total. The van der Waals surface area contributed by atoms with E-state index in [1.807, 2.05) is 11.8 Å². The number of rotatable bonds is 26. The molecule has 62 heavy (non-hydrogen) atoms. The lowest BCUT2D eigenvalue weighted by Crippen LogP contribution is -2.65. The molecule has 1 rings (SSSR count). The summed E-state index contributed by atoms with van der Waals surface area (Å²) in [5, 5.41) is 70.4. The molecule has 8 atom stereocenters. The lowest BCUT2D eigenvalue weighted by molar-refractivity contribution is -0.874. The Morgan fingerprint density at radius 3 is 1.42 bits per heavy atom. The number of carbonyl (C=O) groups is 2. The maximum absolute atomic E-state index is 12.9. The van der Waals surface area contributed by atoms with E-state index in [1.165, 1.54) is 6.92 Å². The van der Waals surface area contributed by atoms with Crippen LogP contribution in [0.3, 0.4) is 0 Å². The van der Waals surface area contributed by atoms with Crippen LogP contribution in [0.5, 0.6) is 0 Å². The van der Waals surface area contributed by atoms with Gasteiger partial charge in [-0.2, -0.15) is 0 Å². The third kappa shape index (κ3) is 26.8. The molecule has 0 bridgehead atoms. The number of carbonyl (C=O) groups excluding carboxylic acids is 2. The van der Waals surface area contributed by atoms with Gasteiger partial charge in [0.2, 0.25) is 0 Å². The maximum Gasteiger partial charge on any atom is 0.543 e. The van der Waals surface area contributed by atoms with Crippen molar-refractivity contribution in [2.24, 2.45) is 0 Å². The summed E-state index contributed by atoms with van der Waals surface area (Å²) in [6, 6.07) is 0. The lowest BCUT2D eigenvalue weighted by atomic mass is 9.85. The van der Waals surface area contributed by atoms with E-state index in [-0.39, 0.29) is 0 Å². The second kappa shape index (κ2) is 28.9. The van der Waals surface area contributed by atoms with Crippen LogP contribution in [-0.2, 0) is 120 Å². The Bertz CT molecular complexity index is 1910. The fraction of sp³-hybridized carbons (Fsp3) is 0.455. The lowest BCUT2D eigenvalue weighted by Gasteiger charge is -2.45. The molecule has 1 aliphatic rings. The molecule has 0 saturated heterocycles. The summed E-state index contributed by atoms with van der Waals surface area (Å²) < 4.78 is 78.8. The summed E-state index contributed by atoms with van der Waals surface area (Å²) in [5.74, 6) is 20.8. The van der Waals surface area contributed by atoms with Crippen LogP contribution in [-0.4, -0.2) is 118 Å². The molecular weight excluding hydrogens is 964 g/mol. The molecule has 348 valence electrons. The van der Waals surface area contributed by atoms with Gasteiger partial charge in [-0.25, -0.2) is 38.0 Å². The molecular formula is C22H24O36P4. The smallest absolute Gasteiger partial charge is 0.452 e. The number of phosphoric ester groups is 4. The van der Waals surface area contributed by atoms with Crippen molar-refractivity contribution in [3.05, 3.63) is 0 Å². The normalized spacial score (nSPS) is 21.2. The molecule has 0 spiro atoms. The minimum Gasteiger partial charge on any atom is -0.452 e. The van der Waals surface area contributed by atoms with Gasteiger partial charge in [0.15, 0.2) is 6.10 Å². The van der Waals surface area contributed by atoms with Crippen molar-refractivity contribution in [3.63, 3.8) is 0 Å². The van der Waals surface area contributed by atoms with Crippen molar-refractivity contribution in [1.29, 1.82) is 0 Å². The van der Waals surface area contributed by atoms with E-state index in [0.29, 0.717) is 0 Å². The SMILES string of the molecule is CC#CC#CC#CC#CC#CC(=O)OC[C@H](COP(=O)(O)OC1C(O)[C@H](OP(=O)(O)O)C(OP(=O)(O)O)C(OP(=O)(O)O)[C@@H]1O)OC(=O)OOOOOOOOOOOOOO. The molecule has 10 N–H and O–H groups in total. The molecule has 0 heterocycles. The topological polar surface area (TPSA) is 489 Å². The Balaban J connectivity index is 3.13. The number of aliphatic hydroxyl groups excluding tert-OH is 2. The second-order valence-electron chi connectivity index (χ2n) is 9.37. The minimum atomic E-state index is -5.92. The summed E-state index contributed by atoms with van der Waals surface area (Å²) in [6.45, 7) is -1.11. The average Bonchev–Trinajstić information content (AvgIpc) is 3.16. The predicted octanol–water partition coefficient (Wildman–Crippen LogP) is -3.59. The van der Waals surface area contributed by atoms with Crippen molar-refractivity contribution in [3.8, 4) is 59.2 Å². The molecule has 0 aliphatic heterocycles. The summed E-state index contributed by atoms with van der Waals surface area (Å²) in [7, 11) is -23.6. The Labute approximate surface area is 340 Å². The van der Waals surface area contributed by atoms with E-state index < -0.39 is 99.4 Å². The zero-order chi connectivity index (χ0) is 46.8.